The van der Waals surface area contributed by atoms with Crippen LogP contribution in [0.15, 0.2) is 180 Å². The second kappa shape index (κ2) is 11.5. The number of furan rings is 1. The monoisotopic (exact) mass is 652 g/mol. The first-order chi connectivity index (χ1) is 25.1. The van der Waals surface area contributed by atoms with Crippen LogP contribution in [0.25, 0.3) is 78.1 Å². The maximum atomic E-state index is 6.09. The molecule has 1 aliphatic carbocycles. The highest BCUT2D eigenvalue weighted by Crippen LogP contribution is 2.55. The van der Waals surface area contributed by atoms with E-state index in [9.17, 15) is 0 Å². The van der Waals surface area contributed by atoms with E-state index in [-0.39, 0.29) is 5.41 Å². The highest BCUT2D eigenvalue weighted by molar-refractivity contribution is 6.06. The van der Waals surface area contributed by atoms with Crippen LogP contribution in [0, 0.1) is 0 Å². The molecule has 0 saturated carbocycles. The number of hydrogen-bond acceptors (Lipinski definition) is 3. The Bertz CT molecular complexity index is 2750. The predicted molar refractivity (Wildman–Crippen MR) is 208 cm³/mol. The quantitative estimate of drug-likeness (QED) is 0.186. The van der Waals surface area contributed by atoms with E-state index >= 15 is 0 Å². The molecule has 0 N–H and O–H groups in total. The van der Waals surface area contributed by atoms with E-state index in [1.54, 1.807) is 0 Å². The summed E-state index contributed by atoms with van der Waals surface area (Å²) in [5.41, 5.74) is 15.1. The minimum Gasteiger partial charge on any atom is -0.456 e. The third kappa shape index (κ3) is 4.66. The van der Waals surface area contributed by atoms with Crippen molar-refractivity contribution in [1.82, 2.24) is 9.97 Å². The molecule has 9 aromatic rings. The van der Waals surface area contributed by atoms with Crippen molar-refractivity contribution in [2.24, 2.45) is 0 Å². The average molecular weight is 653 g/mol. The van der Waals surface area contributed by atoms with Crippen molar-refractivity contribution < 1.29 is 4.42 Å². The van der Waals surface area contributed by atoms with Crippen LogP contribution in [0.1, 0.15) is 23.6 Å². The molecule has 3 heteroatoms. The molecule has 10 rings (SSSR count). The molecule has 0 aliphatic heterocycles. The van der Waals surface area contributed by atoms with Crippen LogP contribution in [0.4, 0.5) is 0 Å². The summed E-state index contributed by atoms with van der Waals surface area (Å²) in [6, 6.07) is 62.2. The molecule has 0 radical (unpaired) electrons. The zero-order chi connectivity index (χ0) is 33.9. The van der Waals surface area contributed by atoms with Gasteiger partial charge in [-0.05, 0) is 70.1 Å². The molecule has 1 atom stereocenters. The van der Waals surface area contributed by atoms with E-state index in [4.69, 9.17) is 14.4 Å². The summed E-state index contributed by atoms with van der Waals surface area (Å²) in [5.74, 6) is 0.707. The van der Waals surface area contributed by atoms with E-state index in [1.165, 1.54) is 27.8 Å². The average Bonchev–Trinajstić information content (AvgIpc) is 3.71. The maximum absolute atomic E-state index is 6.09. The van der Waals surface area contributed by atoms with Crippen molar-refractivity contribution in [1.29, 1.82) is 0 Å². The van der Waals surface area contributed by atoms with Crippen LogP contribution in [-0.2, 0) is 5.41 Å². The summed E-state index contributed by atoms with van der Waals surface area (Å²) >= 11 is 0. The molecule has 0 bridgehead atoms. The Morgan fingerprint density at radius 2 is 1.06 bits per heavy atom. The maximum Gasteiger partial charge on any atom is 0.160 e. The molecule has 1 unspecified atom stereocenters. The van der Waals surface area contributed by atoms with E-state index < -0.39 is 0 Å². The molecule has 0 fully saturated rings. The third-order valence-electron chi connectivity index (χ3n) is 10.6. The lowest BCUT2D eigenvalue weighted by Crippen LogP contribution is -2.23. The highest BCUT2D eigenvalue weighted by atomic mass is 16.3. The second-order valence-corrected chi connectivity index (χ2v) is 13.5. The van der Waals surface area contributed by atoms with Crippen molar-refractivity contribution in [3.8, 4) is 56.2 Å². The van der Waals surface area contributed by atoms with Crippen LogP contribution in [-0.4, -0.2) is 9.97 Å². The Labute approximate surface area is 296 Å². The number of fused-ring (bicyclic) bond motifs is 6. The number of rotatable bonds is 5. The van der Waals surface area contributed by atoms with E-state index in [0.717, 1.165) is 61.1 Å². The molecule has 3 nitrogen and oxygen atoms in total. The standard InChI is InChI=1S/C48H32N2O/c1-48(35-15-6-3-7-16-35)41-21-10-8-17-36(41)38-19-12-20-39(46(38)48)43-30-42(49-47(50-43)33-13-4-2-5-14-33)32-25-23-31(24-26-32)34-27-28-45-40(29-34)37-18-9-11-22-44(37)51-45/h2-30H,1H3. The van der Waals surface area contributed by atoms with Gasteiger partial charge in [-0.2, -0.15) is 0 Å². The summed E-state index contributed by atoms with van der Waals surface area (Å²) < 4.78 is 6.09. The van der Waals surface area contributed by atoms with Gasteiger partial charge < -0.3 is 4.42 Å². The van der Waals surface area contributed by atoms with Gasteiger partial charge >= 0.3 is 0 Å². The number of nitrogens with zero attached hydrogens (tertiary/aromatic N) is 2. The summed E-state index contributed by atoms with van der Waals surface area (Å²) in [6.07, 6.45) is 0. The molecule has 240 valence electrons. The minimum absolute atomic E-state index is 0.356. The smallest absolute Gasteiger partial charge is 0.160 e. The fourth-order valence-corrected chi connectivity index (χ4v) is 8.08. The first-order valence-electron chi connectivity index (χ1n) is 17.4. The molecular formula is C48H32N2O. The summed E-state index contributed by atoms with van der Waals surface area (Å²) in [6.45, 7) is 2.36. The number of aromatic nitrogens is 2. The molecule has 0 amide bonds. The van der Waals surface area contributed by atoms with Gasteiger partial charge in [0.25, 0.3) is 0 Å². The molecule has 0 saturated heterocycles. The SMILES string of the molecule is CC1(c2ccccc2)c2ccccc2-c2cccc(-c3cc(-c4ccc(-c5ccc6oc7ccccc7c6c5)cc4)nc(-c4ccccc4)n3)c21. The van der Waals surface area contributed by atoms with E-state index in [0.29, 0.717) is 5.82 Å². The molecule has 2 aromatic heterocycles. The van der Waals surface area contributed by atoms with Crippen LogP contribution >= 0.6 is 0 Å². The molecule has 1 aliphatic rings. The second-order valence-electron chi connectivity index (χ2n) is 13.5. The number of para-hydroxylation sites is 1. The van der Waals surface area contributed by atoms with Crippen molar-refractivity contribution in [2.75, 3.05) is 0 Å². The summed E-state index contributed by atoms with van der Waals surface area (Å²) in [7, 11) is 0. The topological polar surface area (TPSA) is 38.9 Å². The van der Waals surface area contributed by atoms with Gasteiger partial charge in [-0.15, -0.1) is 0 Å². The van der Waals surface area contributed by atoms with Crippen molar-refractivity contribution in [2.45, 2.75) is 12.3 Å². The fourth-order valence-electron chi connectivity index (χ4n) is 8.08. The van der Waals surface area contributed by atoms with Gasteiger partial charge in [0.05, 0.1) is 11.4 Å². The first kappa shape index (κ1) is 29.3. The lowest BCUT2D eigenvalue weighted by molar-refractivity contribution is 0.669. The Morgan fingerprint density at radius 1 is 0.431 bits per heavy atom. The van der Waals surface area contributed by atoms with Crippen LogP contribution in [0.3, 0.4) is 0 Å². The van der Waals surface area contributed by atoms with Crippen molar-refractivity contribution >= 4 is 21.9 Å². The van der Waals surface area contributed by atoms with Gasteiger partial charge in [0.1, 0.15) is 11.2 Å². The van der Waals surface area contributed by atoms with Gasteiger partial charge in [0, 0.05) is 32.9 Å². The Hall–Kier alpha value is -6.58. The molecule has 2 heterocycles. The van der Waals surface area contributed by atoms with Gasteiger partial charge in [0.2, 0.25) is 0 Å². The first-order valence-corrected chi connectivity index (χ1v) is 17.4. The largest absolute Gasteiger partial charge is 0.456 e. The van der Waals surface area contributed by atoms with E-state index in [2.05, 4.69) is 153 Å². The number of hydrogen-bond donors (Lipinski definition) is 0. The summed E-state index contributed by atoms with van der Waals surface area (Å²) in [4.78, 5) is 10.5. The van der Waals surface area contributed by atoms with Crippen LogP contribution in [0.2, 0.25) is 0 Å². The lowest BCUT2D eigenvalue weighted by Gasteiger charge is -2.30. The summed E-state index contributed by atoms with van der Waals surface area (Å²) in [5, 5.41) is 2.26. The molecular weight excluding hydrogens is 621 g/mol. The Kier molecular flexibility index (Phi) is 6.62. The van der Waals surface area contributed by atoms with Crippen LogP contribution < -0.4 is 0 Å². The van der Waals surface area contributed by atoms with Gasteiger partial charge in [-0.1, -0.05) is 152 Å². The van der Waals surface area contributed by atoms with E-state index in [1.807, 2.05) is 30.3 Å². The molecule has 7 aromatic carbocycles. The van der Waals surface area contributed by atoms with Gasteiger partial charge in [0.15, 0.2) is 5.82 Å². The van der Waals surface area contributed by atoms with Crippen LogP contribution in [0.5, 0.6) is 0 Å². The third-order valence-corrected chi connectivity index (χ3v) is 10.6. The van der Waals surface area contributed by atoms with Gasteiger partial charge in [-0.3, -0.25) is 0 Å². The van der Waals surface area contributed by atoms with Crippen molar-refractivity contribution in [3.05, 3.63) is 193 Å². The zero-order valence-electron chi connectivity index (χ0n) is 28.0. The minimum atomic E-state index is -0.356. The normalized spacial score (nSPS) is 14.8. The van der Waals surface area contributed by atoms with Crippen molar-refractivity contribution in [3.63, 3.8) is 0 Å². The Balaban J connectivity index is 1.13. The lowest BCUT2D eigenvalue weighted by atomic mass is 9.72. The predicted octanol–water partition coefficient (Wildman–Crippen LogP) is 12.4. The fraction of sp³-hybridized carbons (Fsp3) is 0.0417. The zero-order valence-corrected chi connectivity index (χ0v) is 28.0. The highest BCUT2D eigenvalue weighted by Gasteiger charge is 2.42. The Morgan fingerprint density at radius 3 is 1.90 bits per heavy atom. The number of benzene rings is 7. The molecule has 51 heavy (non-hydrogen) atoms. The molecule has 0 spiro atoms. The van der Waals surface area contributed by atoms with Gasteiger partial charge in [-0.25, -0.2) is 9.97 Å².